The van der Waals surface area contributed by atoms with Crippen LogP contribution in [0.2, 0.25) is 5.15 Å². The van der Waals surface area contributed by atoms with Gasteiger partial charge >= 0.3 is 0 Å². The van der Waals surface area contributed by atoms with Gasteiger partial charge in [-0.25, -0.2) is 0 Å². The molecule has 0 bridgehead atoms. The standard InChI is InChI=1S/C10H7ClN2O2/c11-10-5-8(6-12-10)7-1-3-9(4-2-7)13(14)15/h1-6,12H. The van der Waals surface area contributed by atoms with Crippen LogP contribution in [-0.4, -0.2) is 9.91 Å². The molecule has 0 saturated carbocycles. The lowest BCUT2D eigenvalue weighted by Gasteiger charge is -1.96. The van der Waals surface area contributed by atoms with E-state index < -0.39 is 4.92 Å². The SMILES string of the molecule is O=[N+]([O-])c1ccc(-c2c[nH]c(Cl)c2)cc1. The van der Waals surface area contributed by atoms with Crippen LogP contribution in [0.3, 0.4) is 0 Å². The number of nitrogens with one attached hydrogen (secondary N) is 1. The van der Waals surface area contributed by atoms with Crippen LogP contribution in [-0.2, 0) is 0 Å². The molecule has 1 heterocycles. The molecule has 0 spiro atoms. The van der Waals surface area contributed by atoms with E-state index in [1.54, 1.807) is 24.4 Å². The second-order valence-electron chi connectivity index (χ2n) is 3.04. The first-order valence-corrected chi connectivity index (χ1v) is 4.63. The lowest BCUT2D eigenvalue weighted by Crippen LogP contribution is -1.86. The first-order valence-electron chi connectivity index (χ1n) is 4.25. The van der Waals surface area contributed by atoms with Gasteiger partial charge in [-0.3, -0.25) is 10.1 Å². The van der Waals surface area contributed by atoms with E-state index in [9.17, 15) is 10.1 Å². The highest BCUT2D eigenvalue weighted by Gasteiger charge is 2.05. The number of hydrogen-bond donors (Lipinski definition) is 1. The molecule has 15 heavy (non-hydrogen) atoms. The molecule has 4 nitrogen and oxygen atoms in total. The van der Waals surface area contributed by atoms with Crippen LogP contribution in [0.5, 0.6) is 0 Å². The summed E-state index contributed by atoms with van der Waals surface area (Å²) in [4.78, 5) is 12.8. The van der Waals surface area contributed by atoms with Gasteiger partial charge in [0.2, 0.25) is 0 Å². The van der Waals surface area contributed by atoms with Gasteiger partial charge in [0.1, 0.15) is 5.15 Å². The zero-order valence-electron chi connectivity index (χ0n) is 7.61. The van der Waals surface area contributed by atoms with Crippen molar-refractivity contribution in [1.29, 1.82) is 0 Å². The summed E-state index contributed by atoms with van der Waals surface area (Å²) in [6.07, 6.45) is 1.75. The summed E-state index contributed by atoms with van der Waals surface area (Å²) in [6.45, 7) is 0. The Balaban J connectivity index is 2.35. The van der Waals surface area contributed by atoms with E-state index in [-0.39, 0.29) is 5.69 Å². The van der Waals surface area contributed by atoms with Crippen LogP contribution < -0.4 is 0 Å². The van der Waals surface area contributed by atoms with Gasteiger partial charge < -0.3 is 4.98 Å². The van der Waals surface area contributed by atoms with E-state index in [2.05, 4.69) is 4.98 Å². The third-order valence-corrected chi connectivity index (χ3v) is 2.28. The monoisotopic (exact) mass is 222 g/mol. The fourth-order valence-electron chi connectivity index (χ4n) is 1.31. The Morgan fingerprint density at radius 3 is 2.33 bits per heavy atom. The van der Waals surface area contributed by atoms with Crippen LogP contribution in [0.15, 0.2) is 36.5 Å². The Morgan fingerprint density at radius 2 is 1.87 bits per heavy atom. The quantitative estimate of drug-likeness (QED) is 0.626. The largest absolute Gasteiger partial charge is 0.352 e. The molecule has 0 aliphatic heterocycles. The molecule has 0 atom stereocenters. The minimum Gasteiger partial charge on any atom is -0.352 e. The Labute approximate surface area is 90.7 Å². The minimum absolute atomic E-state index is 0.0837. The van der Waals surface area contributed by atoms with E-state index in [1.165, 1.54) is 12.1 Å². The topological polar surface area (TPSA) is 58.9 Å². The summed E-state index contributed by atoms with van der Waals surface area (Å²) in [5.74, 6) is 0. The fourth-order valence-corrected chi connectivity index (χ4v) is 1.48. The number of rotatable bonds is 2. The lowest BCUT2D eigenvalue weighted by molar-refractivity contribution is -0.384. The highest BCUT2D eigenvalue weighted by molar-refractivity contribution is 6.29. The van der Waals surface area contributed by atoms with Crippen molar-refractivity contribution in [3.63, 3.8) is 0 Å². The van der Waals surface area contributed by atoms with Crippen molar-refractivity contribution >= 4 is 17.3 Å². The molecule has 0 fully saturated rings. The van der Waals surface area contributed by atoms with Gasteiger partial charge in [0.15, 0.2) is 0 Å². The number of nitrogens with zero attached hydrogens (tertiary/aromatic N) is 1. The molecule has 2 aromatic rings. The molecule has 5 heteroatoms. The Kier molecular flexibility index (Phi) is 2.43. The highest BCUT2D eigenvalue weighted by Crippen LogP contribution is 2.24. The van der Waals surface area contributed by atoms with E-state index >= 15 is 0 Å². The average molecular weight is 223 g/mol. The molecule has 0 amide bonds. The van der Waals surface area contributed by atoms with E-state index in [1.807, 2.05) is 0 Å². The van der Waals surface area contributed by atoms with Crippen LogP contribution in [0.4, 0.5) is 5.69 Å². The average Bonchev–Trinajstić information content (AvgIpc) is 2.65. The summed E-state index contributed by atoms with van der Waals surface area (Å²) < 4.78 is 0. The number of nitro benzene ring substituents is 1. The van der Waals surface area contributed by atoms with Crippen molar-refractivity contribution in [3.05, 3.63) is 51.8 Å². The smallest absolute Gasteiger partial charge is 0.269 e. The normalized spacial score (nSPS) is 10.2. The minimum atomic E-state index is -0.423. The number of nitro groups is 1. The number of aromatic nitrogens is 1. The molecular formula is C10H7ClN2O2. The number of hydrogen-bond acceptors (Lipinski definition) is 2. The first-order chi connectivity index (χ1) is 7.16. The predicted octanol–water partition coefficient (Wildman–Crippen LogP) is 3.24. The van der Waals surface area contributed by atoms with Crippen molar-refractivity contribution in [2.75, 3.05) is 0 Å². The Bertz CT molecular complexity index is 490. The summed E-state index contributed by atoms with van der Waals surface area (Å²) in [7, 11) is 0. The molecule has 76 valence electrons. The van der Waals surface area contributed by atoms with Crippen molar-refractivity contribution < 1.29 is 4.92 Å². The predicted molar refractivity (Wildman–Crippen MR) is 57.9 cm³/mol. The molecule has 1 N–H and O–H groups in total. The highest BCUT2D eigenvalue weighted by atomic mass is 35.5. The third-order valence-electron chi connectivity index (χ3n) is 2.06. The second kappa shape index (κ2) is 3.74. The van der Waals surface area contributed by atoms with Crippen LogP contribution in [0, 0.1) is 10.1 Å². The summed E-state index contributed by atoms with van der Waals surface area (Å²) in [5, 5.41) is 11.0. The molecule has 0 unspecified atom stereocenters. The molecule has 0 radical (unpaired) electrons. The van der Waals surface area contributed by atoms with Crippen molar-refractivity contribution in [2.24, 2.45) is 0 Å². The van der Waals surface area contributed by atoms with Gasteiger partial charge in [-0.1, -0.05) is 11.6 Å². The number of halogens is 1. The Morgan fingerprint density at radius 1 is 1.20 bits per heavy atom. The Hall–Kier alpha value is -1.81. The fraction of sp³-hybridized carbons (Fsp3) is 0. The van der Waals surface area contributed by atoms with Gasteiger partial charge in [0.25, 0.3) is 5.69 Å². The van der Waals surface area contributed by atoms with E-state index in [0.29, 0.717) is 5.15 Å². The van der Waals surface area contributed by atoms with E-state index in [4.69, 9.17) is 11.6 Å². The van der Waals surface area contributed by atoms with Gasteiger partial charge in [-0.15, -0.1) is 0 Å². The van der Waals surface area contributed by atoms with Crippen LogP contribution >= 0.6 is 11.6 Å². The molecule has 2 rings (SSSR count). The lowest BCUT2D eigenvalue weighted by atomic mass is 10.1. The van der Waals surface area contributed by atoms with Crippen molar-refractivity contribution in [1.82, 2.24) is 4.98 Å². The van der Waals surface area contributed by atoms with Crippen molar-refractivity contribution in [3.8, 4) is 11.1 Å². The van der Waals surface area contributed by atoms with Gasteiger partial charge in [-0.2, -0.15) is 0 Å². The van der Waals surface area contributed by atoms with Gasteiger partial charge in [0, 0.05) is 23.9 Å². The number of H-pyrrole nitrogens is 1. The first kappa shape index (κ1) is 9.73. The molecular weight excluding hydrogens is 216 g/mol. The van der Waals surface area contributed by atoms with Gasteiger partial charge in [-0.05, 0) is 23.8 Å². The number of benzene rings is 1. The zero-order valence-corrected chi connectivity index (χ0v) is 8.36. The third kappa shape index (κ3) is 1.99. The summed E-state index contributed by atoms with van der Waals surface area (Å²) in [5.41, 5.74) is 1.89. The van der Waals surface area contributed by atoms with Crippen LogP contribution in [0.25, 0.3) is 11.1 Å². The molecule has 1 aromatic carbocycles. The summed E-state index contributed by atoms with van der Waals surface area (Å²) in [6, 6.07) is 8.09. The van der Waals surface area contributed by atoms with Crippen molar-refractivity contribution in [2.45, 2.75) is 0 Å². The molecule has 0 aliphatic carbocycles. The van der Waals surface area contributed by atoms with Gasteiger partial charge in [0.05, 0.1) is 4.92 Å². The molecule has 0 saturated heterocycles. The summed E-state index contributed by atoms with van der Waals surface area (Å²) >= 11 is 5.73. The maximum absolute atomic E-state index is 10.4. The van der Waals surface area contributed by atoms with E-state index in [0.717, 1.165) is 11.1 Å². The molecule has 1 aromatic heterocycles. The maximum atomic E-state index is 10.4. The molecule has 0 aliphatic rings. The second-order valence-corrected chi connectivity index (χ2v) is 3.45. The maximum Gasteiger partial charge on any atom is 0.269 e. The zero-order chi connectivity index (χ0) is 10.8. The number of non-ortho nitro benzene ring substituents is 1. The number of aromatic amines is 1. The van der Waals surface area contributed by atoms with Crippen LogP contribution in [0.1, 0.15) is 0 Å².